The molecule has 0 radical (unpaired) electrons. The Bertz CT molecular complexity index is 1440. The topological polar surface area (TPSA) is 134 Å². The maximum Gasteiger partial charge on any atom is 0.289 e. The molecular formula is C33H38N4O5. The quantitative estimate of drug-likeness (QED) is 0.212. The summed E-state index contributed by atoms with van der Waals surface area (Å²) in [4.78, 5) is 70.1. The smallest absolute Gasteiger partial charge is 0.289 e. The van der Waals surface area contributed by atoms with Crippen LogP contribution in [-0.2, 0) is 25.7 Å². The van der Waals surface area contributed by atoms with Gasteiger partial charge in [-0.05, 0) is 49.3 Å². The fraction of sp³-hybridized carbons (Fsp3) is 0.394. The molecule has 3 amide bonds. The van der Waals surface area contributed by atoms with Gasteiger partial charge in [-0.15, -0.1) is 0 Å². The highest BCUT2D eigenvalue weighted by Gasteiger charge is 2.35. The molecule has 9 heteroatoms. The largest absolute Gasteiger partial charge is 0.356 e. The van der Waals surface area contributed by atoms with Crippen molar-refractivity contribution in [3.8, 4) is 0 Å². The predicted molar refractivity (Wildman–Crippen MR) is 159 cm³/mol. The number of amides is 3. The van der Waals surface area contributed by atoms with Crippen LogP contribution >= 0.6 is 0 Å². The van der Waals surface area contributed by atoms with Gasteiger partial charge in [0.15, 0.2) is 5.78 Å². The molecule has 0 aliphatic carbocycles. The van der Waals surface area contributed by atoms with Gasteiger partial charge in [-0.3, -0.25) is 24.0 Å². The van der Waals surface area contributed by atoms with E-state index in [0.717, 1.165) is 17.4 Å². The Balaban J connectivity index is 1.50. The second-order valence-corrected chi connectivity index (χ2v) is 11.3. The molecule has 0 bridgehead atoms. The van der Waals surface area contributed by atoms with E-state index in [4.69, 9.17) is 0 Å². The molecule has 4 rings (SSSR count). The van der Waals surface area contributed by atoms with Gasteiger partial charge in [0, 0.05) is 36.7 Å². The fourth-order valence-electron chi connectivity index (χ4n) is 5.29. The Morgan fingerprint density at radius 1 is 0.976 bits per heavy atom. The first-order valence-electron chi connectivity index (χ1n) is 14.5. The number of nitrogens with zero attached hydrogens (tertiary/aromatic N) is 1. The number of para-hydroxylation sites is 1. The average Bonchev–Trinajstić information content (AvgIpc) is 2.99. The lowest BCUT2D eigenvalue weighted by molar-refractivity contribution is -0.141. The summed E-state index contributed by atoms with van der Waals surface area (Å²) in [7, 11) is 0. The lowest BCUT2D eigenvalue weighted by Crippen LogP contribution is -2.51. The molecule has 9 nitrogen and oxygen atoms in total. The molecule has 1 aliphatic heterocycles. The molecule has 1 aromatic heterocycles. The standard InChI is InChI=1S/C33H38N4O5/c1-21(2)17-25(19-29(38)27-15-14-23-11-6-7-13-26(23)36-27)32(41)37-28(18-24-12-8-16-34-31(24)40)30(39)33(42)35-20-22-9-4-3-5-10-22/h3-7,9-11,13-15,21,24-25,28H,8,12,16-20H2,1-2H3,(H,34,40)(H,35,42)(H,37,41)/t24-,25+,28-/m0/s1. The SMILES string of the molecule is CC(C)C[C@H](CC(=O)c1ccc2ccccc2n1)C(=O)N[C@@H](C[C@@H]1CCCNC1=O)C(=O)C(=O)NCc1ccccc1. The van der Waals surface area contributed by atoms with Crippen LogP contribution in [0.25, 0.3) is 10.9 Å². The van der Waals surface area contributed by atoms with Crippen LogP contribution in [0.2, 0.25) is 0 Å². The number of carbonyl (C=O) groups is 5. The number of pyridine rings is 1. The van der Waals surface area contributed by atoms with Crippen LogP contribution < -0.4 is 16.0 Å². The van der Waals surface area contributed by atoms with E-state index in [2.05, 4.69) is 20.9 Å². The number of aromatic nitrogens is 1. The van der Waals surface area contributed by atoms with Crippen LogP contribution in [0, 0.1) is 17.8 Å². The van der Waals surface area contributed by atoms with Gasteiger partial charge < -0.3 is 16.0 Å². The highest BCUT2D eigenvalue weighted by molar-refractivity contribution is 6.38. The summed E-state index contributed by atoms with van der Waals surface area (Å²) in [6, 6.07) is 18.9. The summed E-state index contributed by atoms with van der Waals surface area (Å²) >= 11 is 0. The van der Waals surface area contributed by atoms with E-state index in [1.807, 2.05) is 74.5 Å². The molecule has 3 N–H and O–H groups in total. The van der Waals surface area contributed by atoms with Crippen LogP contribution in [0.1, 0.15) is 62.0 Å². The normalized spacial score (nSPS) is 16.4. The Hall–Kier alpha value is -4.40. The molecule has 1 aliphatic rings. The summed E-state index contributed by atoms with van der Waals surface area (Å²) in [5.74, 6) is -3.80. The maximum atomic E-state index is 13.6. The van der Waals surface area contributed by atoms with Crippen molar-refractivity contribution in [1.29, 1.82) is 0 Å². The minimum absolute atomic E-state index is 0.00371. The molecule has 3 atom stereocenters. The number of nitrogens with one attached hydrogen (secondary N) is 3. The Morgan fingerprint density at radius 3 is 2.45 bits per heavy atom. The van der Waals surface area contributed by atoms with Crippen LogP contribution in [0.4, 0.5) is 0 Å². The zero-order valence-corrected chi connectivity index (χ0v) is 24.1. The summed E-state index contributed by atoms with van der Waals surface area (Å²) in [5, 5.41) is 9.08. The van der Waals surface area contributed by atoms with Gasteiger partial charge in [0.1, 0.15) is 5.69 Å². The number of hydrogen-bond acceptors (Lipinski definition) is 6. The number of hydrogen-bond donors (Lipinski definition) is 3. The molecule has 2 aromatic carbocycles. The zero-order chi connectivity index (χ0) is 30.1. The summed E-state index contributed by atoms with van der Waals surface area (Å²) in [6.07, 6.45) is 1.60. The summed E-state index contributed by atoms with van der Waals surface area (Å²) < 4.78 is 0. The van der Waals surface area contributed by atoms with Gasteiger partial charge in [0.05, 0.1) is 11.6 Å². The molecule has 1 saturated heterocycles. The van der Waals surface area contributed by atoms with Crippen molar-refractivity contribution in [2.45, 2.75) is 58.5 Å². The third-order valence-electron chi connectivity index (χ3n) is 7.51. The molecule has 1 fully saturated rings. The molecular weight excluding hydrogens is 532 g/mol. The number of benzene rings is 2. The predicted octanol–water partition coefficient (Wildman–Crippen LogP) is 3.76. The number of rotatable bonds is 13. The number of Topliss-reactive ketones (excluding diaryl/α,β-unsaturated/α-hetero) is 2. The van der Waals surface area contributed by atoms with Crippen LogP contribution in [-0.4, -0.2) is 46.9 Å². The first-order chi connectivity index (χ1) is 20.2. The summed E-state index contributed by atoms with van der Waals surface area (Å²) in [6.45, 7) is 4.61. The highest BCUT2D eigenvalue weighted by atomic mass is 16.2. The van der Waals surface area contributed by atoms with Crippen molar-refractivity contribution >= 4 is 40.2 Å². The maximum absolute atomic E-state index is 13.6. The van der Waals surface area contributed by atoms with Crippen molar-refractivity contribution in [3.63, 3.8) is 0 Å². The van der Waals surface area contributed by atoms with Gasteiger partial charge in [0.2, 0.25) is 17.6 Å². The van der Waals surface area contributed by atoms with Crippen molar-refractivity contribution in [1.82, 2.24) is 20.9 Å². The van der Waals surface area contributed by atoms with Gasteiger partial charge in [-0.25, -0.2) is 4.98 Å². The van der Waals surface area contributed by atoms with E-state index < -0.39 is 35.5 Å². The van der Waals surface area contributed by atoms with Crippen molar-refractivity contribution in [2.75, 3.05) is 6.54 Å². The van der Waals surface area contributed by atoms with E-state index >= 15 is 0 Å². The number of ketones is 2. The molecule has 0 saturated carbocycles. The van der Waals surface area contributed by atoms with Gasteiger partial charge in [-0.2, -0.15) is 0 Å². The lowest BCUT2D eigenvalue weighted by Gasteiger charge is -2.27. The van der Waals surface area contributed by atoms with Gasteiger partial charge >= 0.3 is 0 Å². The van der Waals surface area contributed by atoms with E-state index in [1.165, 1.54) is 0 Å². The lowest BCUT2D eigenvalue weighted by atomic mass is 9.88. The summed E-state index contributed by atoms with van der Waals surface area (Å²) in [5.41, 5.74) is 1.77. The van der Waals surface area contributed by atoms with E-state index in [-0.39, 0.29) is 42.7 Å². The van der Waals surface area contributed by atoms with Crippen LogP contribution in [0.3, 0.4) is 0 Å². The Labute approximate surface area is 245 Å². The fourth-order valence-corrected chi connectivity index (χ4v) is 5.29. The van der Waals surface area contributed by atoms with Crippen molar-refractivity contribution in [3.05, 3.63) is 78.0 Å². The molecule has 3 aromatic rings. The minimum atomic E-state index is -1.20. The van der Waals surface area contributed by atoms with Crippen LogP contribution in [0.15, 0.2) is 66.7 Å². The molecule has 0 spiro atoms. The monoisotopic (exact) mass is 570 g/mol. The number of fused-ring (bicyclic) bond motifs is 1. The Morgan fingerprint density at radius 2 is 1.71 bits per heavy atom. The molecule has 2 heterocycles. The van der Waals surface area contributed by atoms with Gasteiger partial charge in [-0.1, -0.05) is 68.4 Å². The highest BCUT2D eigenvalue weighted by Crippen LogP contribution is 2.22. The minimum Gasteiger partial charge on any atom is -0.356 e. The third kappa shape index (κ3) is 8.31. The second kappa shape index (κ2) is 14.5. The van der Waals surface area contributed by atoms with E-state index in [9.17, 15) is 24.0 Å². The third-order valence-corrected chi connectivity index (χ3v) is 7.51. The number of carbonyl (C=O) groups excluding carboxylic acids is 5. The first kappa shape index (κ1) is 30.6. The van der Waals surface area contributed by atoms with Crippen LogP contribution in [0.5, 0.6) is 0 Å². The first-order valence-corrected chi connectivity index (χ1v) is 14.5. The van der Waals surface area contributed by atoms with E-state index in [1.54, 1.807) is 6.07 Å². The molecule has 220 valence electrons. The zero-order valence-electron chi connectivity index (χ0n) is 24.1. The van der Waals surface area contributed by atoms with Gasteiger partial charge in [0.25, 0.3) is 5.91 Å². The number of piperidine rings is 1. The van der Waals surface area contributed by atoms with E-state index in [0.29, 0.717) is 24.9 Å². The molecule has 42 heavy (non-hydrogen) atoms. The Kier molecular flexibility index (Phi) is 10.5. The second-order valence-electron chi connectivity index (χ2n) is 11.3. The van der Waals surface area contributed by atoms with Crippen molar-refractivity contribution in [2.24, 2.45) is 17.8 Å². The van der Waals surface area contributed by atoms with Crippen molar-refractivity contribution < 1.29 is 24.0 Å². The average molecular weight is 571 g/mol. The molecule has 0 unspecified atom stereocenters.